The molecule has 2 unspecified atom stereocenters. The molecule has 6 heteroatoms. The Labute approximate surface area is 123 Å². The van der Waals surface area contributed by atoms with Gasteiger partial charge >= 0.3 is 0 Å². The quantitative estimate of drug-likeness (QED) is 0.868. The first-order valence-electron chi connectivity index (χ1n) is 6.27. The molecule has 3 nitrogen and oxygen atoms in total. The van der Waals surface area contributed by atoms with E-state index in [9.17, 15) is 8.42 Å². The minimum absolute atomic E-state index is 0.220. The lowest BCUT2D eigenvalue weighted by Gasteiger charge is -2.28. The highest BCUT2D eigenvalue weighted by molar-refractivity contribution is 8.00. The topological polar surface area (TPSA) is 60.2 Å². The van der Waals surface area contributed by atoms with E-state index in [2.05, 4.69) is 0 Å². The summed E-state index contributed by atoms with van der Waals surface area (Å²) < 4.78 is 23.3. The van der Waals surface area contributed by atoms with Gasteiger partial charge in [0.05, 0.1) is 10.3 Å². The van der Waals surface area contributed by atoms with Crippen LogP contribution in [0.15, 0.2) is 23.1 Å². The molecule has 2 rings (SSSR count). The standard InChI is InChI=1S/C13H18ClNO2S2/c1-19(16,17)10-5-2-4-9(8-10)18-13-11(14)6-3-7-12(13)15/h3,6-7,9-10H,2,4-5,8,15H2,1H3. The van der Waals surface area contributed by atoms with E-state index in [1.807, 2.05) is 18.2 Å². The minimum atomic E-state index is -2.95. The van der Waals surface area contributed by atoms with Gasteiger partial charge in [0.1, 0.15) is 9.84 Å². The van der Waals surface area contributed by atoms with Crippen molar-refractivity contribution in [2.75, 3.05) is 12.0 Å². The summed E-state index contributed by atoms with van der Waals surface area (Å²) in [4.78, 5) is 0.878. The SMILES string of the molecule is CS(=O)(=O)C1CCCC(Sc2c(N)cccc2Cl)C1. The smallest absolute Gasteiger partial charge is 0.150 e. The van der Waals surface area contributed by atoms with Gasteiger partial charge < -0.3 is 5.73 Å². The second kappa shape index (κ2) is 5.94. The van der Waals surface area contributed by atoms with Gasteiger partial charge in [0.15, 0.2) is 0 Å². The number of rotatable bonds is 3. The molecule has 106 valence electrons. The van der Waals surface area contributed by atoms with Gasteiger partial charge in [0, 0.05) is 22.1 Å². The van der Waals surface area contributed by atoms with Gasteiger partial charge in [0.2, 0.25) is 0 Å². The molecule has 0 radical (unpaired) electrons. The van der Waals surface area contributed by atoms with E-state index < -0.39 is 9.84 Å². The molecule has 1 saturated carbocycles. The molecular formula is C13H18ClNO2S2. The summed E-state index contributed by atoms with van der Waals surface area (Å²) in [6.45, 7) is 0. The highest BCUT2D eigenvalue weighted by Crippen LogP contribution is 2.41. The molecule has 0 bridgehead atoms. The van der Waals surface area contributed by atoms with Crippen LogP contribution in [0.3, 0.4) is 0 Å². The summed E-state index contributed by atoms with van der Waals surface area (Å²) in [5.41, 5.74) is 6.60. The van der Waals surface area contributed by atoms with Crippen LogP contribution in [0.25, 0.3) is 0 Å². The molecule has 1 fully saturated rings. The van der Waals surface area contributed by atoms with Gasteiger partial charge in [-0.15, -0.1) is 11.8 Å². The Bertz CT molecular complexity index is 540. The molecule has 2 atom stereocenters. The summed E-state index contributed by atoms with van der Waals surface area (Å²) >= 11 is 7.77. The molecule has 0 amide bonds. The van der Waals surface area contributed by atoms with Gasteiger partial charge in [-0.1, -0.05) is 24.1 Å². The van der Waals surface area contributed by atoms with E-state index in [0.717, 1.165) is 24.2 Å². The summed E-state index contributed by atoms with van der Waals surface area (Å²) in [7, 11) is -2.95. The average Bonchev–Trinajstić information content (AvgIpc) is 2.33. The maximum atomic E-state index is 11.7. The predicted octanol–water partition coefficient (Wildman–Crippen LogP) is 3.37. The number of sulfone groups is 1. The van der Waals surface area contributed by atoms with Crippen molar-refractivity contribution < 1.29 is 8.42 Å². The number of hydrogen-bond donors (Lipinski definition) is 1. The van der Waals surface area contributed by atoms with Crippen LogP contribution in [0.1, 0.15) is 25.7 Å². The van der Waals surface area contributed by atoms with Crippen molar-refractivity contribution in [1.29, 1.82) is 0 Å². The van der Waals surface area contributed by atoms with Crippen molar-refractivity contribution in [1.82, 2.24) is 0 Å². The number of thioether (sulfide) groups is 1. The van der Waals surface area contributed by atoms with Crippen LogP contribution >= 0.6 is 23.4 Å². The van der Waals surface area contributed by atoms with Crippen molar-refractivity contribution >= 4 is 38.9 Å². The molecule has 1 aromatic rings. The second-order valence-corrected chi connectivity index (χ2v) is 9.06. The summed E-state index contributed by atoms with van der Waals surface area (Å²) in [5, 5.41) is 0.699. The third-order valence-electron chi connectivity index (χ3n) is 3.47. The van der Waals surface area contributed by atoms with Gasteiger partial charge in [-0.25, -0.2) is 8.42 Å². The fourth-order valence-corrected chi connectivity index (χ4v) is 5.36. The highest BCUT2D eigenvalue weighted by atomic mass is 35.5. The number of halogens is 1. The zero-order chi connectivity index (χ0) is 14.0. The van der Waals surface area contributed by atoms with Crippen molar-refractivity contribution in [2.45, 2.75) is 41.1 Å². The minimum Gasteiger partial charge on any atom is -0.398 e. The Morgan fingerprint density at radius 3 is 2.74 bits per heavy atom. The van der Waals surface area contributed by atoms with Crippen LogP contribution in [0, 0.1) is 0 Å². The number of nitrogens with two attached hydrogens (primary N) is 1. The molecule has 19 heavy (non-hydrogen) atoms. The Kier molecular flexibility index (Phi) is 4.69. The van der Waals surface area contributed by atoms with Crippen LogP contribution < -0.4 is 5.73 Å². The average molecular weight is 320 g/mol. The van der Waals surface area contributed by atoms with Crippen molar-refractivity contribution in [3.05, 3.63) is 23.2 Å². The van der Waals surface area contributed by atoms with Crippen LogP contribution in [-0.4, -0.2) is 25.2 Å². The third-order valence-corrected chi connectivity index (χ3v) is 6.98. The lowest BCUT2D eigenvalue weighted by Crippen LogP contribution is -2.28. The lowest BCUT2D eigenvalue weighted by molar-refractivity contribution is 0.495. The maximum Gasteiger partial charge on any atom is 0.150 e. The van der Waals surface area contributed by atoms with Gasteiger partial charge in [-0.2, -0.15) is 0 Å². The molecule has 2 N–H and O–H groups in total. The molecule has 1 aliphatic carbocycles. The van der Waals surface area contributed by atoms with Crippen LogP contribution in [-0.2, 0) is 9.84 Å². The van der Waals surface area contributed by atoms with Gasteiger partial charge in [0.25, 0.3) is 0 Å². The van der Waals surface area contributed by atoms with E-state index >= 15 is 0 Å². The normalized spacial score (nSPS) is 24.3. The molecule has 0 aliphatic heterocycles. The summed E-state index contributed by atoms with van der Waals surface area (Å²) in [6, 6.07) is 5.46. The third kappa shape index (κ3) is 3.80. The van der Waals surface area contributed by atoms with Crippen LogP contribution in [0.2, 0.25) is 5.02 Å². The zero-order valence-electron chi connectivity index (χ0n) is 10.8. The van der Waals surface area contributed by atoms with E-state index in [1.54, 1.807) is 11.8 Å². The zero-order valence-corrected chi connectivity index (χ0v) is 13.2. The van der Waals surface area contributed by atoms with Crippen molar-refractivity contribution in [2.24, 2.45) is 0 Å². The Morgan fingerprint density at radius 1 is 1.37 bits per heavy atom. The molecule has 0 aromatic heterocycles. The number of anilines is 1. The van der Waals surface area contributed by atoms with Crippen LogP contribution in [0.4, 0.5) is 5.69 Å². The largest absolute Gasteiger partial charge is 0.398 e. The Balaban J connectivity index is 2.11. The molecule has 1 aromatic carbocycles. The molecule has 0 saturated heterocycles. The highest BCUT2D eigenvalue weighted by Gasteiger charge is 2.29. The molecule has 1 aliphatic rings. The molecular weight excluding hydrogens is 302 g/mol. The van der Waals surface area contributed by atoms with E-state index in [-0.39, 0.29) is 10.5 Å². The first kappa shape index (κ1) is 15.0. The fraction of sp³-hybridized carbons (Fsp3) is 0.538. The number of hydrogen-bond acceptors (Lipinski definition) is 4. The monoisotopic (exact) mass is 319 g/mol. The number of nitrogen functional groups attached to an aromatic ring is 1. The second-order valence-electron chi connectivity index (χ2n) is 5.02. The summed E-state index contributed by atoms with van der Waals surface area (Å²) in [6.07, 6.45) is 4.75. The lowest BCUT2D eigenvalue weighted by atomic mass is 10.00. The first-order chi connectivity index (χ1) is 8.88. The fourth-order valence-electron chi connectivity index (χ4n) is 2.41. The maximum absolute atomic E-state index is 11.7. The Morgan fingerprint density at radius 2 is 2.11 bits per heavy atom. The summed E-state index contributed by atoms with van der Waals surface area (Å²) in [5.74, 6) is 0. The first-order valence-corrected chi connectivity index (χ1v) is 9.48. The van der Waals surface area contributed by atoms with Crippen molar-refractivity contribution in [3.63, 3.8) is 0 Å². The van der Waals surface area contributed by atoms with E-state index in [0.29, 0.717) is 17.1 Å². The van der Waals surface area contributed by atoms with E-state index in [1.165, 1.54) is 6.26 Å². The number of benzene rings is 1. The van der Waals surface area contributed by atoms with Gasteiger partial charge in [-0.3, -0.25) is 0 Å². The Hall–Kier alpha value is -0.390. The molecule has 0 spiro atoms. The molecule has 0 heterocycles. The van der Waals surface area contributed by atoms with E-state index in [4.69, 9.17) is 17.3 Å². The predicted molar refractivity (Wildman–Crippen MR) is 82.6 cm³/mol. The van der Waals surface area contributed by atoms with Crippen molar-refractivity contribution in [3.8, 4) is 0 Å². The van der Waals surface area contributed by atoms with Crippen LogP contribution in [0.5, 0.6) is 0 Å². The van der Waals surface area contributed by atoms with Gasteiger partial charge in [-0.05, 0) is 31.4 Å².